The number of amides is 1. The Bertz CT molecular complexity index is 662. The predicted molar refractivity (Wildman–Crippen MR) is 113 cm³/mol. The number of carbonyl (C=O) groups is 1. The number of carbonyl (C=O) groups excluding carboxylic acids is 1. The fourth-order valence-corrected chi connectivity index (χ4v) is 5.11. The van der Waals surface area contributed by atoms with Crippen LogP contribution >= 0.6 is 0 Å². The van der Waals surface area contributed by atoms with E-state index in [1.165, 1.54) is 50.8 Å². The molecule has 2 fully saturated rings. The number of benzene rings is 1. The SMILES string of the molecule is CC(=O)N1CCC2(CCCCc3ccccc3OCCN(CC3CC3)C2)CC1. The van der Waals surface area contributed by atoms with Crippen LogP contribution in [0, 0.1) is 11.3 Å². The number of rotatable bonds is 2. The van der Waals surface area contributed by atoms with Crippen molar-refractivity contribution in [1.82, 2.24) is 9.80 Å². The smallest absolute Gasteiger partial charge is 0.219 e. The number of hydrogen-bond donors (Lipinski definition) is 0. The summed E-state index contributed by atoms with van der Waals surface area (Å²) < 4.78 is 6.22. The molecule has 0 unspecified atom stereocenters. The Morgan fingerprint density at radius 2 is 1.89 bits per heavy atom. The molecule has 1 saturated carbocycles. The summed E-state index contributed by atoms with van der Waals surface area (Å²) >= 11 is 0. The van der Waals surface area contributed by atoms with Crippen LogP contribution in [0.2, 0.25) is 0 Å². The van der Waals surface area contributed by atoms with Gasteiger partial charge in [-0.3, -0.25) is 9.69 Å². The molecule has 0 N–H and O–H groups in total. The summed E-state index contributed by atoms with van der Waals surface area (Å²) in [5, 5.41) is 0. The number of nitrogens with zero attached hydrogens (tertiary/aromatic N) is 2. The zero-order valence-electron chi connectivity index (χ0n) is 17.5. The molecule has 3 aliphatic rings. The van der Waals surface area contributed by atoms with Crippen molar-refractivity contribution in [3.63, 3.8) is 0 Å². The van der Waals surface area contributed by atoms with E-state index in [1.54, 1.807) is 6.92 Å². The lowest BCUT2D eigenvalue weighted by molar-refractivity contribution is -0.131. The van der Waals surface area contributed by atoms with Gasteiger partial charge >= 0.3 is 0 Å². The van der Waals surface area contributed by atoms with Gasteiger partial charge in [0, 0.05) is 39.6 Å². The van der Waals surface area contributed by atoms with Crippen molar-refractivity contribution in [3.8, 4) is 5.75 Å². The van der Waals surface area contributed by atoms with E-state index in [2.05, 4.69) is 29.2 Å². The Balaban J connectivity index is 1.48. The van der Waals surface area contributed by atoms with Crippen LogP contribution in [0.25, 0.3) is 0 Å². The Morgan fingerprint density at radius 1 is 1.11 bits per heavy atom. The Labute approximate surface area is 170 Å². The van der Waals surface area contributed by atoms with Crippen LogP contribution in [-0.4, -0.2) is 55.0 Å². The highest BCUT2D eigenvalue weighted by atomic mass is 16.5. The minimum Gasteiger partial charge on any atom is -0.492 e. The van der Waals surface area contributed by atoms with Crippen molar-refractivity contribution in [1.29, 1.82) is 0 Å². The third-order valence-corrected chi connectivity index (χ3v) is 7.08. The molecule has 1 aromatic rings. The van der Waals surface area contributed by atoms with Crippen LogP contribution in [0.3, 0.4) is 0 Å². The predicted octanol–water partition coefficient (Wildman–Crippen LogP) is 4.13. The van der Waals surface area contributed by atoms with Gasteiger partial charge in [0.1, 0.15) is 12.4 Å². The highest BCUT2D eigenvalue weighted by molar-refractivity contribution is 5.73. The number of fused-ring (bicyclic) bond motifs is 1. The molecule has 4 rings (SSSR count). The summed E-state index contributed by atoms with van der Waals surface area (Å²) in [6.45, 7) is 7.79. The molecule has 1 aliphatic carbocycles. The van der Waals surface area contributed by atoms with Gasteiger partial charge in [-0.1, -0.05) is 24.6 Å². The maximum atomic E-state index is 11.8. The quantitative estimate of drug-likeness (QED) is 0.768. The summed E-state index contributed by atoms with van der Waals surface area (Å²) in [5.41, 5.74) is 1.73. The largest absolute Gasteiger partial charge is 0.492 e. The van der Waals surface area contributed by atoms with Gasteiger partial charge in [-0.15, -0.1) is 0 Å². The first-order valence-electron chi connectivity index (χ1n) is 11.3. The van der Waals surface area contributed by atoms with Gasteiger partial charge in [-0.2, -0.15) is 0 Å². The number of aryl methyl sites for hydroxylation is 1. The third kappa shape index (κ3) is 5.08. The first-order valence-corrected chi connectivity index (χ1v) is 11.3. The first-order chi connectivity index (χ1) is 13.6. The molecule has 0 radical (unpaired) electrons. The zero-order chi connectivity index (χ0) is 19.4. The summed E-state index contributed by atoms with van der Waals surface area (Å²) in [7, 11) is 0. The standard InChI is InChI=1S/C24H36N2O2/c1-20(27)26-14-12-24(13-15-26)11-5-4-7-22-6-2-3-8-23(22)28-17-16-25(19-24)18-21-9-10-21/h2-3,6,8,21H,4-5,7,9-19H2,1H3. The van der Waals surface area contributed by atoms with Gasteiger partial charge in [0.25, 0.3) is 0 Å². The summed E-state index contributed by atoms with van der Waals surface area (Å²) in [5.74, 6) is 2.22. The van der Waals surface area contributed by atoms with Crippen LogP contribution in [0.4, 0.5) is 0 Å². The minimum atomic E-state index is 0.239. The zero-order valence-corrected chi connectivity index (χ0v) is 17.5. The van der Waals surface area contributed by atoms with E-state index >= 15 is 0 Å². The molecule has 0 bridgehead atoms. The maximum Gasteiger partial charge on any atom is 0.219 e. The van der Waals surface area contributed by atoms with E-state index in [4.69, 9.17) is 4.74 Å². The first kappa shape index (κ1) is 19.8. The number of para-hydroxylation sites is 1. The fraction of sp³-hybridized carbons (Fsp3) is 0.708. The van der Waals surface area contributed by atoms with Crippen LogP contribution in [0.1, 0.15) is 57.4 Å². The molecule has 0 aromatic heterocycles. The molecule has 0 atom stereocenters. The average Bonchev–Trinajstić information content (AvgIpc) is 3.50. The average molecular weight is 385 g/mol. The van der Waals surface area contributed by atoms with Gasteiger partial charge in [-0.05, 0) is 67.9 Å². The van der Waals surface area contributed by atoms with Crippen molar-refractivity contribution >= 4 is 5.91 Å². The summed E-state index contributed by atoms with van der Waals surface area (Å²) in [6.07, 6.45) is 10.0. The maximum absolute atomic E-state index is 11.8. The third-order valence-electron chi connectivity index (χ3n) is 7.08. The second-order valence-electron chi connectivity index (χ2n) is 9.35. The Kier molecular flexibility index (Phi) is 6.25. The molecular formula is C24H36N2O2. The van der Waals surface area contributed by atoms with Crippen LogP contribution in [0.5, 0.6) is 5.75 Å². The molecular weight excluding hydrogens is 348 g/mol. The number of piperidine rings is 1. The number of ether oxygens (including phenoxy) is 1. The lowest BCUT2D eigenvalue weighted by Gasteiger charge is -2.45. The fourth-order valence-electron chi connectivity index (χ4n) is 5.11. The van der Waals surface area contributed by atoms with Gasteiger partial charge in [0.15, 0.2) is 0 Å². The van der Waals surface area contributed by atoms with Gasteiger partial charge < -0.3 is 9.64 Å². The molecule has 1 saturated heterocycles. The van der Waals surface area contributed by atoms with E-state index < -0.39 is 0 Å². The number of likely N-dealkylation sites (tertiary alicyclic amines) is 1. The minimum absolute atomic E-state index is 0.239. The molecule has 4 heteroatoms. The van der Waals surface area contributed by atoms with Gasteiger partial charge in [0.2, 0.25) is 5.91 Å². The van der Waals surface area contributed by atoms with E-state index in [0.29, 0.717) is 5.41 Å². The molecule has 154 valence electrons. The van der Waals surface area contributed by atoms with Crippen LogP contribution in [0.15, 0.2) is 24.3 Å². The van der Waals surface area contributed by atoms with Crippen molar-refractivity contribution < 1.29 is 9.53 Å². The second kappa shape index (κ2) is 8.86. The molecule has 1 aromatic carbocycles. The van der Waals surface area contributed by atoms with Gasteiger partial charge in [0.05, 0.1) is 0 Å². The van der Waals surface area contributed by atoms with Crippen molar-refractivity contribution in [2.45, 2.75) is 58.3 Å². The topological polar surface area (TPSA) is 32.8 Å². The molecule has 1 spiro atoms. The Hall–Kier alpha value is -1.55. The van der Waals surface area contributed by atoms with E-state index in [-0.39, 0.29) is 5.91 Å². The second-order valence-corrected chi connectivity index (χ2v) is 9.35. The molecule has 2 aliphatic heterocycles. The van der Waals surface area contributed by atoms with Crippen molar-refractivity contribution in [2.75, 3.05) is 39.3 Å². The summed E-state index contributed by atoms with van der Waals surface area (Å²) in [6, 6.07) is 8.58. The van der Waals surface area contributed by atoms with E-state index in [1.807, 2.05) is 4.90 Å². The van der Waals surface area contributed by atoms with E-state index in [9.17, 15) is 4.79 Å². The van der Waals surface area contributed by atoms with Crippen molar-refractivity contribution in [3.05, 3.63) is 29.8 Å². The monoisotopic (exact) mass is 384 g/mol. The molecule has 4 nitrogen and oxygen atoms in total. The lowest BCUT2D eigenvalue weighted by Crippen LogP contribution is -2.48. The highest BCUT2D eigenvalue weighted by Gasteiger charge is 2.37. The number of hydrogen-bond acceptors (Lipinski definition) is 3. The Morgan fingerprint density at radius 3 is 2.64 bits per heavy atom. The lowest BCUT2D eigenvalue weighted by atomic mass is 9.73. The molecule has 1 amide bonds. The van der Waals surface area contributed by atoms with Crippen molar-refractivity contribution in [2.24, 2.45) is 11.3 Å². The normalized spacial score (nSPS) is 24.0. The van der Waals surface area contributed by atoms with E-state index in [0.717, 1.165) is 57.2 Å². The highest BCUT2D eigenvalue weighted by Crippen LogP contribution is 2.39. The van der Waals surface area contributed by atoms with Crippen LogP contribution in [-0.2, 0) is 11.2 Å². The van der Waals surface area contributed by atoms with Gasteiger partial charge in [-0.25, -0.2) is 0 Å². The molecule has 2 heterocycles. The molecule has 28 heavy (non-hydrogen) atoms. The summed E-state index contributed by atoms with van der Waals surface area (Å²) in [4.78, 5) is 16.5. The van der Waals surface area contributed by atoms with Crippen LogP contribution < -0.4 is 4.74 Å².